The first-order chi connectivity index (χ1) is 26.1. The molecule has 2 heterocycles. The summed E-state index contributed by atoms with van der Waals surface area (Å²) < 4.78 is 66.9. The van der Waals surface area contributed by atoms with Crippen LogP contribution < -0.4 is 27.0 Å². The Labute approximate surface area is 313 Å². The van der Waals surface area contributed by atoms with Gasteiger partial charge >= 0.3 is 12.1 Å². The fraction of sp³-hybridized carbons (Fsp3) is 0.410. The highest BCUT2D eigenvalue weighted by Gasteiger charge is 2.61. The summed E-state index contributed by atoms with van der Waals surface area (Å²) in [5.74, 6) is -8.30. The van der Waals surface area contributed by atoms with E-state index in [0.717, 1.165) is 36.0 Å². The Morgan fingerprint density at radius 2 is 1.73 bits per heavy atom. The molecule has 4 amide bonds. The molecule has 4 aromatic rings. The Bertz CT molecular complexity index is 2080. The standard InChI is InChI=1S/C39H42F5N7O4/c1-21-16-26(34(53)48-30-6-3-15-46-35(30)54)11-13-28(21)25-5-2-4-23(17-25)18-32(49-33(52)24-9-7-22(20-45)8-10-24)36(55)47-27-12-14-29-31(19-27)51-37(50-29)38(40,41)39(42,43)44/h2,4-5,11-14,16-17,19,22,24,30,32H,3,6-10,15,18,20,45H2,1H3,(H,46,54)(H,47,55)(H,48,53)(H,49,52)(H,50,51). The van der Waals surface area contributed by atoms with Gasteiger partial charge in [0.1, 0.15) is 12.1 Å². The maximum absolute atomic E-state index is 14.0. The van der Waals surface area contributed by atoms with Crippen molar-refractivity contribution in [3.63, 3.8) is 0 Å². The zero-order valence-corrected chi connectivity index (χ0v) is 30.0. The molecule has 1 aliphatic carbocycles. The minimum absolute atomic E-state index is 0.0564. The normalized spacial score (nSPS) is 19.7. The second-order valence-corrected chi connectivity index (χ2v) is 14.3. The number of amides is 4. The Kier molecular flexibility index (Phi) is 11.5. The van der Waals surface area contributed by atoms with Crippen molar-refractivity contribution in [3.05, 3.63) is 83.2 Å². The number of halogens is 5. The molecule has 1 saturated heterocycles. The lowest BCUT2D eigenvalue weighted by Crippen LogP contribution is -2.50. The summed E-state index contributed by atoms with van der Waals surface area (Å²) in [5.41, 5.74) is 9.09. The molecule has 2 fully saturated rings. The number of benzene rings is 3. The van der Waals surface area contributed by atoms with E-state index < -0.39 is 35.9 Å². The SMILES string of the molecule is Cc1cc(C(=O)NC2CCCNC2=O)ccc1-c1cccc(CC(NC(=O)C2CCC(CN)CC2)C(=O)Nc2ccc3nc(C(F)(F)C(F)(F)F)[nH]c3c2)c1. The number of rotatable bonds is 11. The van der Waals surface area contributed by atoms with Crippen LogP contribution in [-0.4, -0.2) is 64.9 Å². The average Bonchev–Trinajstić information content (AvgIpc) is 3.59. The number of carbonyl (C=O) groups excluding carboxylic acids is 4. The first-order valence-corrected chi connectivity index (χ1v) is 18.2. The van der Waals surface area contributed by atoms with Crippen molar-refractivity contribution in [3.8, 4) is 11.1 Å². The first-order valence-electron chi connectivity index (χ1n) is 18.2. The number of hydrogen-bond donors (Lipinski definition) is 6. The van der Waals surface area contributed by atoms with Gasteiger partial charge in [-0.1, -0.05) is 30.3 Å². The second-order valence-electron chi connectivity index (χ2n) is 14.3. The number of anilines is 1. The third kappa shape index (κ3) is 8.96. The fourth-order valence-electron chi connectivity index (χ4n) is 7.14. The van der Waals surface area contributed by atoms with Crippen molar-refractivity contribution >= 4 is 40.3 Å². The highest BCUT2D eigenvalue weighted by molar-refractivity contribution is 5.99. The molecule has 0 spiro atoms. The number of nitrogens with one attached hydrogen (secondary N) is 5. The van der Waals surface area contributed by atoms with Gasteiger partial charge in [-0.15, -0.1) is 0 Å². The third-order valence-electron chi connectivity index (χ3n) is 10.3. The number of nitrogens with two attached hydrogens (primary N) is 1. The number of H-pyrrole nitrogens is 1. The lowest BCUT2D eigenvalue weighted by Gasteiger charge is -2.28. The predicted octanol–water partition coefficient (Wildman–Crippen LogP) is 5.63. The molecule has 2 atom stereocenters. The number of aromatic amines is 1. The van der Waals surface area contributed by atoms with Crippen LogP contribution in [0, 0.1) is 18.8 Å². The van der Waals surface area contributed by atoms with E-state index in [0.29, 0.717) is 49.4 Å². The van der Waals surface area contributed by atoms with Gasteiger partial charge in [0.25, 0.3) is 5.91 Å². The van der Waals surface area contributed by atoms with E-state index in [1.807, 2.05) is 24.0 Å². The number of nitrogens with zero attached hydrogens (tertiary/aromatic N) is 1. The van der Waals surface area contributed by atoms with Crippen LogP contribution >= 0.6 is 0 Å². The van der Waals surface area contributed by atoms with E-state index in [1.54, 1.807) is 30.3 Å². The largest absolute Gasteiger partial charge is 0.461 e. The van der Waals surface area contributed by atoms with Crippen molar-refractivity contribution in [1.82, 2.24) is 25.9 Å². The van der Waals surface area contributed by atoms with E-state index in [9.17, 15) is 41.1 Å². The molecular weight excluding hydrogens is 725 g/mol. The van der Waals surface area contributed by atoms with Crippen LogP contribution in [0.15, 0.2) is 60.7 Å². The topological polar surface area (TPSA) is 171 Å². The summed E-state index contributed by atoms with van der Waals surface area (Å²) in [6, 6.07) is 14.6. The number of carbonyl (C=O) groups is 4. The molecule has 0 bridgehead atoms. The Morgan fingerprint density at radius 3 is 2.42 bits per heavy atom. The first kappa shape index (κ1) is 39.3. The van der Waals surface area contributed by atoms with Gasteiger partial charge in [-0.2, -0.15) is 22.0 Å². The maximum Gasteiger partial charge on any atom is 0.461 e. The van der Waals surface area contributed by atoms with E-state index in [4.69, 9.17) is 5.73 Å². The molecule has 0 radical (unpaired) electrons. The molecular formula is C39H42F5N7O4. The molecule has 2 aliphatic rings. The smallest absolute Gasteiger partial charge is 0.354 e. The summed E-state index contributed by atoms with van der Waals surface area (Å²) in [5, 5.41) is 11.1. The molecule has 7 N–H and O–H groups in total. The van der Waals surface area contributed by atoms with Crippen LogP contribution in [0.1, 0.15) is 65.8 Å². The molecule has 3 aromatic carbocycles. The number of imidazole rings is 1. The fourth-order valence-corrected chi connectivity index (χ4v) is 7.14. The Balaban J connectivity index is 1.21. The van der Waals surface area contributed by atoms with Gasteiger partial charge in [0, 0.05) is 30.1 Å². The van der Waals surface area contributed by atoms with Crippen molar-refractivity contribution in [2.75, 3.05) is 18.4 Å². The van der Waals surface area contributed by atoms with Crippen molar-refractivity contribution in [1.29, 1.82) is 0 Å². The summed E-state index contributed by atoms with van der Waals surface area (Å²) >= 11 is 0. The number of piperidine rings is 1. The van der Waals surface area contributed by atoms with Crippen molar-refractivity contribution in [2.24, 2.45) is 17.6 Å². The van der Waals surface area contributed by atoms with E-state index in [-0.39, 0.29) is 46.8 Å². The Morgan fingerprint density at radius 1 is 0.964 bits per heavy atom. The monoisotopic (exact) mass is 767 g/mol. The number of aromatic nitrogens is 2. The zero-order chi connectivity index (χ0) is 39.5. The highest BCUT2D eigenvalue weighted by atomic mass is 19.4. The molecule has 55 heavy (non-hydrogen) atoms. The quantitative estimate of drug-likeness (QED) is 0.108. The number of alkyl halides is 5. The molecule has 16 heteroatoms. The van der Waals surface area contributed by atoms with Crippen LogP contribution in [0.2, 0.25) is 0 Å². The number of aryl methyl sites for hydroxylation is 1. The van der Waals surface area contributed by atoms with E-state index in [2.05, 4.69) is 26.3 Å². The van der Waals surface area contributed by atoms with Gasteiger partial charge in [0.15, 0.2) is 5.82 Å². The number of fused-ring (bicyclic) bond motifs is 1. The Hall–Kier alpha value is -5.38. The summed E-state index contributed by atoms with van der Waals surface area (Å²) in [4.78, 5) is 57.9. The highest BCUT2D eigenvalue weighted by Crippen LogP contribution is 2.43. The molecule has 11 nitrogen and oxygen atoms in total. The van der Waals surface area contributed by atoms with Gasteiger partial charge in [-0.05, 0) is 110 Å². The predicted molar refractivity (Wildman–Crippen MR) is 195 cm³/mol. The van der Waals surface area contributed by atoms with Gasteiger partial charge in [0.2, 0.25) is 17.7 Å². The van der Waals surface area contributed by atoms with E-state index >= 15 is 0 Å². The van der Waals surface area contributed by atoms with Crippen LogP contribution in [0.4, 0.5) is 27.6 Å². The number of hydrogen-bond acceptors (Lipinski definition) is 6. The average molecular weight is 768 g/mol. The maximum atomic E-state index is 14.0. The molecule has 1 aromatic heterocycles. The van der Waals surface area contributed by atoms with Gasteiger partial charge in [-0.3, -0.25) is 19.2 Å². The lowest BCUT2D eigenvalue weighted by atomic mass is 9.81. The molecule has 1 aliphatic heterocycles. The van der Waals surface area contributed by atoms with Crippen molar-refractivity contribution in [2.45, 2.75) is 76.1 Å². The minimum atomic E-state index is -5.86. The van der Waals surface area contributed by atoms with Gasteiger partial charge in [-0.25, -0.2) is 4.98 Å². The summed E-state index contributed by atoms with van der Waals surface area (Å²) in [7, 11) is 0. The van der Waals surface area contributed by atoms with Crippen LogP contribution in [0.25, 0.3) is 22.2 Å². The molecule has 1 saturated carbocycles. The van der Waals surface area contributed by atoms with Gasteiger partial charge < -0.3 is 32.0 Å². The zero-order valence-electron chi connectivity index (χ0n) is 30.0. The summed E-state index contributed by atoms with van der Waals surface area (Å²) in [6.07, 6.45) is -1.69. The third-order valence-corrected chi connectivity index (χ3v) is 10.3. The molecule has 6 rings (SSSR count). The van der Waals surface area contributed by atoms with Crippen molar-refractivity contribution < 1.29 is 41.1 Å². The lowest BCUT2D eigenvalue weighted by molar-refractivity contribution is -0.292. The van der Waals surface area contributed by atoms with Crippen LogP contribution in [-0.2, 0) is 26.7 Å². The molecule has 292 valence electrons. The van der Waals surface area contributed by atoms with Crippen LogP contribution in [0.3, 0.4) is 0 Å². The summed E-state index contributed by atoms with van der Waals surface area (Å²) in [6.45, 7) is 2.96. The van der Waals surface area contributed by atoms with Gasteiger partial charge in [0.05, 0.1) is 11.0 Å². The van der Waals surface area contributed by atoms with E-state index in [1.165, 1.54) is 18.2 Å². The molecule has 2 unspecified atom stereocenters. The minimum Gasteiger partial charge on any atom is -0.354 e. The van der Waals surface area contributed by atoms with Crippen LogP contribution in [0.5, 0.6) is 0 Å². The second kappa shape index (κ2) is 16.2.